The molecule has 2 atom stereocenters. The summed E-state index contributed by atoms with van der Waals surface area (Å²) in [5.41, 5.74) is 0. The maximum Gasteiger partial charge on any atom is 0.0689 e. The van der Waals surface area contributed by atoms with Crippen LogP contribution in [0.15, 0.2) is 0 Å². The summed E-state index contributed by atoms with van der Waals surface area (Å²) >= 11 is 0. The number of methoxy groups -OCH3 is 1. The van der Waals surface area contributed by atoms with E-state index in [1.807, 2.05) is 6.92 Å². The normalized spacial score (nSPS) is 36.3. The third kappa shape index (κ3) is 1.68. The SMILES string of the molecule is COC1CCC(C)N([O-])C1. The zero-order valence-corrected chi connectivity index (χ0v) is 6.54. The van der Waals surface area contributed by atoms with Crippen LogP contribution < -0.4 is 0 Å². The summed E-state index contributed by atoms with van der Waals surface area (Å²) in [5, 5.41) is 12.1. The maximum atomic E-state index is 11.0. The predicted molar refractivity (Wildman–Crippen MR) is 39.6 cm³/mol. The molecule has 0 spiro atoms. The van der Waals surface area contributed by atoms with E-state index in [9.17, 15) is 5.21 Å². The molecular formula is C7H14NO2-. The maximum absolute atomic E-state index is 11.0. The van der Waals surface area contributed by atoms with Crippen LogP contribution in [0.25, 0.3) is 0 Å². The van der Waals surface area contributed by atoms with Crippen molar-refractivity contribution in [1.82, 2.24) is 5.06 Å². The van der Waals surface area contributed by atoms with Gasteiger partial charge < -0.3 is 15.0 Å². The fourth-order valence-electron chi connectivity index (χ4n) is 1.24. The number of rotatable bonds is 1. The highest BCUT2D eigenvalue weighted by molar-refractivity contribution is 4.78. The average Bonchev–Trinajstić information content (AvgIpc) is 1.95. The van der Waals surface area contributed by atoms with Crippen LogP contribution in [0.3, 0.4) is 0 Å². The topological polar surface area (TPSA) is 35.5 Å². The van der Waals surface area contributed by atoms with Crippen molar-refractivity contribution in [1.29, 1.82) is 0 Å². The van der Waals surface area contributed by atoms with E-state index in [0.29, 0.717) is 6.54 Å². The van der Waals surface area contributed by atoms with Crippen molar-refractivity contribution in [2.24, 2.45) is 0 Å². The van der Waals surface area contributed by atoms with Gasteiger partial charge in [-0.15, -0.1) is 0 Å². The molecule has 3 heteroatoms. The Bertz CT molecular complexity index is 108. The van der Waals surface area contributed by atoms with Gasteiger partial charge in [0.15, 0.2) is 0 Å². The molecule has 0 N–H and O–H groups in total. The predicted octanol–water partition coefficient (Wildman–Crippen LogP) is 0.983. The Labute approximate surface area is 61.5 Å². The highest BCUT2D eigenvalue weighted by Gasteiger charge is 2.18. The van der Waals surface area contributed by atoms with Crippen LogP contribution in [0.5, 0.6) is 0 Å². The van der Waals surface area contributed by atoms with Crippen LogP contribution >= 0.6 is 0 Å². The number of hydrogen-bond acceptors (Lipinski definition) is 3. The first-order valence-corrected chi connectivity index (χ1v) is 3.70. The van der Waals surface area contributed by atoms with Gasteiger partial charge >= 0.3 is 0 Å². The monoisotopic (exact) mass is 144 g/mol. The van der Waals surface area contributed by atoms with E-state index >= 15 is 0 Å². The van der Waals surface area contributed by atoms with Crippen molar-refractivity contribution < 1.29 is 4.74 Å². The zero-order chi connectivity index (χ0) is 7.56. The first-order valence-electron chi connectivity index (χ1n) is 3.70. The first kappa shape index (κ1) is 7.98. The molecule has 0 aromatic heterocycles. The van der Waals surface area contributed by atoms with Crippen LogP contribution in [0, 0.1) is 5.21 Å². The van der Waals surface area contributed by atoms with E-state index in [1.54, 1.807) is 7.11 Å². The third-order valence-corrected chi connectivity index (χ3v) is 2.11. The third-order valence-electron chi connectivity index (χ3n) is 2.11. The lowest BCUT2D eigenvalue weighted by Gasteiger charge is -2.42. The van der Waals surface area contributed by atoms with Crippen molar-refractivity contribution in [3.63, 3.8) is 0 Å². The van der Waals surface area contributed by atoms with Gasteiger partial charge in [0.05, 0.1) is 6.10 Å². The first-order chi connectivity index (χ1) is 4.74. The molecule has 1 rings (SSSR count). The van der Waals surface area contributed by atoms with E-state index in [2.05, 4.69) is 0 Å². The molecule has 0 radical (unpaired) electrons. The van der Waals surface area contributed by atoms with Crippen molar-refractivity contribution in [3.8, 4) is 0 Å². The molecule has 1 fully saturated rings. The molecule has 0 saturated carbocycles. The van der Waals surface area contributed by atoms with Gasteiger partial charge in [-0.1, -0.05) is 6.92 Å². The Balaban J connectivity index is 2.33. The van der Waals surface area contributed by atoms with Gasteiger partial charge in [-0.05, 0) is 18.9 Å². The summed E-state index contributed by atoms with van der Waals surface area (Å²) in [5.74, 6) is 0. The summed E-state index contributed by atoms with van der Waals surface area (Å²) in [4.78, 5) is 0. The molecule has 1 aliphatic heterocycles. The van der Waals surface area contributed by atoms with E-state index in [-0.39, 0.29) is 12.1 Å². The van der Waals surface area contributed by atoms with Crippen LogP contribution in [0.4, 0.5) is 0 Å². The minimum absolute atomic E-state index is 0.161. The van der Waals surface area contributed by atoms with Gasteiger partial charge in [0, 0.05) is 13.7 Å². The lowest BCUT2D eigenvalue weighted by molar-refractivity contribution is 0.0297. The van der Waals surface area contributed by atoms with Gasteiger partial charge in [-0.25, -0.2) is 0 Å². The molecule has 1 aliphatic rings. The van der Waals surface area contributed by atoms with Crippen molar-refractivity contribution >= 4 is 0 Å². The number of hydroxylamine groups is 2. The molecule has 1 heterocycles. The largest absolute Gasteiger partial charge is 0.785 e. The number of piperidine rings is 1. The molecule has 3 nitrogen and oxygen atoms in total. The van der Waals surface area contributed by atoms with E-state index in [4.69, 9.17) is 4.74 Å². The van der Waals surface area contributed by atoms with Crippen molar-refractivity contribution in [3.05, 3.63) is 5.21 Å². The molecule has 2 unspecified atom stereocenters. The summed E-state index contributed by atoms with van der Waals surface area (Å²) in [6.07, 6.45) is 2.15. The number of nitrogens with zero attached hydrogens (tertiary/aromatic N) is 1. The van der Waals surface area contributed by atoms with Gasteiger partial charge in [-0.3, -0.25) is 0 Å². The minimum atomic E-state index is 0.161. The quantitative estimate of drug-likeness (QED) is 0.550. The van der Waals surface area contributed by atoms with Gasteiger partial charge in [0.1, 0.15) is 0 Å². The van der Waals surface area contributed by atoms with E-state index in [1.165, 1.54) is 0 Å². The highest BCUT2D eigenvalue weighted by atomic mass is 16.5. The standard InChI is InChI=1S/C7H14NO2/c1-6-3-4-7(10-2)5-8(6)9/h6-7H,3-5H2,1-2H3/q-1. The Morgan fingerprint density at radius 1 is 1.50 bits per heavy atom. The second-order valence-corrected chi connectivity index (χ2v) is 2.88. The average molecular weight is 144 g/mol. The number of hydrogen-bond donors (Lipinski definition) is 0. The zero-order valence-electron chi connectivity index (χ0n) is 6.54. The highest BCUT2D eigenvalue weighted by Crippen LogP contribution is 2.16. The summed E-state index contributed by atoms with van der Waals surface area (Å²) in [6.45, 7) is 2.50. The minimum Gasteiger partial charge on any atom is -0.785 e. The molecule has 0 amide bonds. The molecule has 0 aromatic carbocycles. The van der Waals surface area contributed by atoms with E-state index < -0.39 is 0 Å². The van der Waals surface area contributed by atoms with Crippen molar-refractivity contribution in [2.75, 3.05) is 13.7 Å². The molecular weight excluding hydrogens is 130 g/mol. The molecule has 10 heavy (non-hydrogen) atoms. The fraction of sp³-hybridized carbons (Fsp3) is 1.00. The van der Waals surface area contributed by atoms with Crippen LogP contribution in [-0.2, 0) is 4.74 Å². The van der Waals surface area contributed by atoms with Crippen molar-refractivity contribution in [2.45, 2.75) is 31.9 Å². The number of ether oxygens (including phenoxy) is 1. The molecule has 0 aliphatic carbocycles. The van der Waals surface area contributed by atoms with Crippen LogP contribution in [0.1, 0.15) is 19.8 Å². The Morgan fingerprint density at radius 3 is 2.70 bits per heavy atom. The Kier molecular flexibility index (Phi) is 2.65. The molecule has 60 valence electrons. The van der Waals surface area contributed by atoms with Gasteiger partial charge in [0.2, 0.25) is 0 Å². The van der Waals surface area contributed by atoms with Gasteiger partial charge in [-0.2, -0.15) is 0 Å². The molecule has 1 saturated heterocycles. The van der Waals surface area contributed by atoms with Gasteiger partial charge in [0.25, 0.3) is 0 Å². The summed E-state index contributed by atoms with van der Waals surface area (Å²) in [7, 11) is 1.66. The summed E-state index contributed by atoms with van der Waals surface area (Å²) in [6, 6.07) is 0.186. The lowest BCUT2D eigenvalue weighted by Crippen LogP contribution is -2.40. The second-order valence-electron chi connectivity index (χ2n) is 2.88. The second kappa shape index (κ2) is 3.32. The molecule has 0 bridgehead atoms. The Morgan fingerprint density at radius 2 is 2.20 bits per heavy atom. The lowest BCUT2D eigenvalue weighted by atomic mass is 10.0. The fourth-order valence-corrected chi connectivity index (χ4v) is 1.24. The smallest absolute Gasteiger partial charge is 0.0689 e. The van der Waals surface area contributed by atoms with E-state index in [0.717, 1.165) is 17.9 Å². The summed E-state index contributed by atoms with van der Waals surface area (Å²) < 4.78 is 5.07. The Hall–Kier alpha value is -0.120. The molecule has 0 aromatic rings. The van der Waals surface area contributed by atoms with Crippen LogP contribution in [-0.4, -0.2) is 30.9 Å². The van der Waals surface area contributed by atoms with Crippen LogP contribution in [0.2, 0.25) is 0 Å².